The van der Waals surface area contributed by atoms with Crippen LogP contribution in [0.5, 0.6) is 0 Å². The molecule has 2 rings (SSSR count). The van der Waals surface area contributed by atoms with Crippen molar-refractivity contribution >= 4 is 11.8 Å². The molecule has 1 atom stereocenters. The molecule has 2 saturated heterocycles. The molecule has 0 aliphatic carbocycles. The summed E-state index contributed by atoms with van der Waals surface area (Å²) in [5.74, 6) is 0.0921. The zero-order valence-electron chi connectivity index (χ0n) is 10.6. The Kier molecular flexibility index (Phi) is 3.38. The number of rotatable bonds is 2. The number of likely N-dealkylation sites (tertiary alicyclic amines) is 1. The minimum Gasteiger partial charge on any atom is -0.344 e. The topological polar surface area (TPSA) is 61.4 Å². The summed E-state index contributed by atoms with van der Waals surface area (Å²) >= 11 is 0. The molecule has 96 valence electrons. The van der Waals surface area contributed by atoms with Gasteiger partial charge in [-0.15, -0.1) is 0 Å². The Morgan fingerprint density at radius 1 is 1.47 bits per heavy atom. The predicted molar refractivity (Wildman–Crippen MR) is 64.4 cm³/mol. The monoisotopic (exact) mass is 239 g/mol. The number of carbonyl (C=O) groups is 2. The molecule has 2 heterocycles. The van der Waals surface area contributed by atoms with Crippen molar-refractivity contribution in [2.45, 2.75) is 44.2 Å². The Balaban J connectivity index is 1.88. The van der Waals surface area contributed by atoms with Gasteiger partial charge in [0.25, 0.3) is 0 Å². The van der Waals surface area contributed by atoms with Gasteiger partial charge in [0, 0.05) is 25.0 Å². The fraction of sp³-hybridized carbons (Fsp3) is 0.833. The molecule has 5 heteroatoms. The molecule has 2 fully saturated rings. The van der Waals surface area contributed by atoms with Gasteiger partial charge in [0.05, 0.1) is 0 Å². The highest BCUT2D eigenvalue weighted by Crippen LogP contribution is 2.22. The molecule has 0 aromatic heterocycles. The fourth-order valence-corrected chi connectivity index (χ4v) is 2.49. The minimum atomic E-state index is -0.276. The molecular weight excluding hydrogens is 218 g/mol. The number of nitrogens with one attached hydrogen (secondary N) is 2. The first-order valence-electron chi connectivity index (χ1n) is 6.31. The summed E-state index contributed by atoms with van der Waals surface area (Å²) in [5.41, 5.74) is 0.149. The van der Waals surface area contributed by atoms with Crippen molar-refractivity contribution in [3.05, 3.63) is 0 Å². The number of amides is 2. The second kappa shape index (κ2) is 4.64. The van der Waals surface area contributed by atoms with Crippen molar-refractivity contribution in [2.24, 2.45) is 0 Å². The van der Waals surface area contributed by atoms with Gasteiger partial charge < -0.3 is 15.5 Å². The van der Waals surface area contributed by atoms with E-state index in [0.717, 1.165) is 25.9 Å². The second-order valence-corrected chi connectivity index (χ2v) is 5.29. The average molecular weight is 239 g/mol. The Labute approximate surface area is 102 Å². The standard InChI is InChI=1S/C12H21N3O2/c1-12(13-2)5-7-15(8-6-12)11(17)9-3-4-10(16)14-9/h9,13H,3-8H2,1-2H3,(H,14,16)/t9-/m1/s1. The summed E-state index contributed by atoms with van der Waals surface area (Å²) in [4.78, 5) is 25.1. The molecule has 2 aliphatic rings. The lowest BCUT2D eigenvalue weighted by Crippen LogP contribution is -2.54. The molecule has 0 aromatic carbocycles. The van der Waals surface area contributed by atoms with E-state index in [1.54, 1.807) is 0 Å². The van der Waals surface area contributed by atoms with Crippen LogP contribution < -0.4 is 10.6 Å². The first-order valence-corrected chi connectivity index (χ1v) is 6.31. The van der Waals surface area contributed by atoms with Crippen LogP contribution in [0.2, 0.25) is 0 Å². The van der Waals surface area contributed by atoms with Crippen molar-refractivity contribution < 1.29 is 9.59 Å². The van der Waals surface area contributed by atoms with E-state index in [-0.39, 0.29) is 23.4 Å². The fourth-order valence-electron chi connectivity index (χ4n) is 2.49. The molecule has 0 unspecified atom stereocenters. The smallest absolute Gasteiger partial charge is 0.245 e. The van der Waals surface area contributed by atoms with Gasteiger partial charge in [-0.25, -0.2) is 0 Å². The highest BCUT2D eigenvalue weighted by Gasteiger charge is 2.35. The van der Waals surface area contributed by atoms with E-state index in [4.69, 9.17) is 0 Å². The van der Waals surface area contributed by atoms with Crippen LogP contribution in [0, 0.1) is 0 Å². The van der Waals surface area contributed by atoms with Crippen molar-refractivity contribution in [1.29, 1.82) is 0 Å². The maximum absolute atomic E-state index is 12.1. The number of piperidine rings is 1. The maximum Gasteiger partial charge on any atom is 0.245 e. The van der Waals surface area contributed by atoms with Crippen molar-refractivity contribution in [2.75, 3.05) is 20.1 Å². The van der Waals surface area contributed by atoms with Gasteiger partial charge in [-0.05, 0) is 33.2 Å². The molecule has 0 radical (unpaired) electrons. The SMILES string of the molecule is CNC1(C)CCN(C(=O)[C@H]2CCC(=O)N2)CC1. The number of carbonyl (C=O) groups excluding carboxylic acids is 2. The first-order chi connectivity index (χ1) is 8.04. The number of nitrogens with zero attached hydrogens (tertiary/aromatic N) is 1. The summed E-state index contributed by atoms with van der Waals surface area (Å²) in [5, 5.41) is 6.05. The van der Waals surface area contributed by atoms with E-state index in [1.165, 1.54) is 0 Å². The van der Waals surface area contributed by atoms with Crippen LogP contribution in [0.1, 0.15) is 32.6 Å². The Morgan fingerprint density at radius 3 is 2.59 bits per heavy atom. The van der Waals surface area contributed by atoms with E-state index < -0.39 is 0 Å². The molecular formula is C12H21N3O2. The maximum atomic E-state index is 12.1. The Hall–Kier alpha value is -1.10. The van der Waals surface area contributed by atoms with Crippen LogP contribution in [-0.2, 0) is 9.59 Å². The third-order valence-corrected chi connectivity index (χ3v) is 4.08. The van der Waals surface area contributed by atoms with Gasteiger partial charge in [-0.1, -0.05) is 0 Å². The Morgan fingerprint density at radius 2 is 2.12 bits per heavy atom. The van der Waals surface area contributed by atoms with Crippen molar-refractivity contribution in [1.82, 2.24) is 15.5 Å². The van der Waals surface area contributed by atoms with Gasteiger partial charge >= 0.3 is 0 Å². The molecule has 2 aliphatic heterocycles. The summed E-state index contributed by atoms with van der Waals surface area (Å²) in [6.45, 7) is 3.75. The third-order valence-electron chi connectivity index (χ3n) is 4.08. The van der Waals surface area contributed by atoms with Crippen LogP contribution >= 0.6 is 0 Å². The van der Waals surface area contributed by atoms with Crippen LogP contribution in [0.25, 0.3) is 0 Å². The normalized spacial score (nSPS) is 28.0. The number of hydrogen-bond acceptors (Lipinski definition) is 3. The van der Waals surface area contributed by atoms with Crippen LogP contribution in [0.4, 0.5) is 0 Å². The van der Waals surface area contributed by atoms with E-state index >= 15 is 0 Å². The minimum absolute atomic E-state index is 0.000391. The average Bonchev–Trinajstić information content (AvgIpc) is 2.76. The van der Waals surface area contributed by atoms with Crippen LogP contribution in [0.15, 0.2) is 0 Å². The lowest BCUT2D eigenvalue weighted by molar-refractivity contribution is -0.135. The highest BCUT2D eigenvalue weighted by molar-refractivity contribution is 5.90. The Bertz CT molecular complexity index is 322. The molecule has 0 aromatic rings. The van der Waals surface area contributed by atoms with Gasteiger partial charge in [-0.2, -0.15) is 0 Å². The van der Waals surface area contributed by atoms with Gasteiger partial charge in [0.15, 0.2) is 0 Å². The quantitative estimate of drug-likeness (QED) is 0.705. The lowest BCUT2D eigenvalue weighted by atomic mass is 9.89. The van der Waals surface area contributed by atoms with Gasteiger partial charge in [0.1, 0.15) is 6.04 Å². The van der Waals surface area contributed by atoms with E-state index in [2.05, 4.69) is 17.6 Å². The molecule has 2 amide bonds. The predicted octanol–water partition coefficient (Wildman–Crippen LogP) is -0.134. The first kappa shape index (κ1) is 12.4. The number of hydrogen-bond donors (Lipinski definition) is 2. The second-order valence-electron chi connectivity index (χ2n) is 5.29. The molecule has 17 heavy (non-hydrogen) atoms. The van der Waals surface area contributed by atoms with E-state index in [0.29, 0.717) is 12.8 Å². The molecule has 0 spiro atoms. The van der Waals surface area contributed by atoms with Gasteiger partial charge in [0.2, 0.25) is 11.8 Å². The van der Waals surface area contributed by atoms with Crippen molar-refractivity contribution in [3.8, 4) is 0 Å². The van der Waals surface area contributed by atoms with Crippen LogP contribution in [-0.4, -0.2) is 48.4 Å². The lowest BCUT2D eigenvalue weighted by Gasteiger charge is -2.40. The molecule has 0 saturated carbocycles. The van der Waals surface area contributed by atoms with E-state index in [1.807, 2.05) is 11.9 Å². The molecule has 2 N–H and O–H groups in total. The summed E-state index contributed by atoms with van der Waals surface area (Å²) in [7, 11) is 1.97. The van der Waals surface area contributed by atoms with Crippen LogP contribution in [0.3, 0.4) is 0 Å². The highest BCUT2D eigenvalue weighted by atomic mass is 16.2. The van der Waals surface area contributed by atoms with Crippen molar-refractivity contribution in [3.63, 3.8) is 0 Å². The van der Waals surface area contributed by atoms with Gasteiger partial charge in [-0.3, -0.25) is 9.59 Å². The molecule has 0 bridgehead atoms. The van der Waals surface area contributed by atoms with E-state index in [9.17, 15) is 9.59 Å². The summed E-state index contributed by atoms with van der Waals surface area (Å²) in [6, 6.07) is -0.276. The zero-order chi connectivity index (χ0) is 12.5. The zero-order valence-corrected chi connectivity index (χ0v) is 10.6. The summed E-state index contributed by atoms with van der Waals surface area (Å²) < 4.78 is 0. The third kappa shape index (κ3) is 2.60. The molecule has 5 nitrogen and oxygen atoms in total. The largest absolute Gasteiger partial charge is 0.344 e. The summed E-state index contributed by atoms with van der Waals surface area (Å²) in [6.07, 6.45) is 3.07.